The summed E-state index contributed by atoms with van der Waals surface area (Å²) < 4.78 is 11.1. The standard InChI is InChI=1S/C14H26O3/c1-5-16-13(14(2,3)4)12(15)9-8-11-7-6-10-17-11/h11,13H,5-10H2,1-4H3. The van der Waals surface area contributed by atoms with Gasteiger partial charge in [0.2, 0.25) is 0 Å². The number of ketones is 1. The zero-order valence-electron chi connectivity index (χ0n) is 11.6. The third-order valence-electron chi connectivity index (χ3n) is 3.15. The van der Waals surface area contributed by atoms with Crippen molar-refractivity contribution in [3.63, 3.8) is 0 Å². The van der Waals surface area contributed by atoms with E-state index in [9.17, 15) is 4.79 Å². The van der Waals surface area contributed by atoms with Crippen molar-refractivity contribution in [1.82, 2.24) is 0 Å². The Bertz CT molecular complexity index is 236. The number of hydrogen-bond donors (Lipinski definition) is 0. The lowest BCUT2D eigenvalue weighted by molar-refractivity contribution is -0.137. The molecule has 0 amide bonds. The van der Waals surface area contributed by atoms with Crippen molar-refractivity contribution < 1.29 is 14.3 Å². The van der Waals surface area contributed by atoms with Crippen LogP contribution in [0.1, 0.15) is 53.4 Å². The van der Waals surface area contributed by atoms with Gasteiger partial charge in [0.15, 0.2) is 5.78 Å². The minimum Gasteiger partial charge on any atom is -0.378 e. The van der Waals surface area contributed by atoms with Crippen molar-refractivity contribution in [2.24, 2.45) is 5.41 Å². The highest BCUT2D eigenvalue weighted by atomic mass is 16.5. The van der Waals surface area contributed by atoms with E-state index in [0.29, 0.717) is 19.1 Å². The first-order valence-electron chi connectivity index (χ1n) is 6.71. The molecule has 1 rings (SSSR count). The van der Waals surface area contributed by atoms with Gasteiger partial charge in [0, 0.05) is 19.6 Å². The maximum atomic E-state index is 12.2. The van der Waals surface area contributed by atoms with Gasteiger partial charge in [0.25, 0.3) is 0 Å². The van der Waals surface area contributed by atoms with Crippen LogP contribution >= 0.6 is 0 Å². The van der Waals surface area contributed by atoms with Crippen molar-refractivity contribution >= 4 is 5.78 Å². The Kier molecular flexibility index (Phi) is 5.60. The largest absolute Gasteiger partial charge is 0.378 e. The SMILES string of the molecule is CCOC(C(=O)CCC1CCCO1)C(C)(C)C. The van der Waals surface area contributed by atoms with Gasteiger partial charge in [0.1, 0.15) is 6.10 Å². The third-order valence-corrected chi connectivity index (χ3v) is 3.15. The molecule has 100 valence electrons. The van der Waals surface area contributed by atoms with E-state index < -0.39 is 0 Å². The fraction of sp³-hybridized carbons (Fsp3) is 0.929. The summed E-state index contributed by atoms with van der Waals surface area (Å²) >= 11 is 0. The van der Waals surface area contributed by atoms with E-state index >= 15 is 0 Å². The summed E-state index contributed by atoms with van der Waals surface area (Å²) in [5.74, 6) is 0.217. The molecule has 0 N–H and O–H groups in total. The lowest BCUT2D eigenvalue weighted by atomic mass is 9.85. The minimum atomic E-state index is -0.283. The van der Waals surface area contributed by atoms with Gasteiger partial charge in [-0.15, -0.1) is 0 Å². The van der Waals surface area contributed by atoms with Crippen LogP contribution in [0.4, 0.5) is 0 Å². The Balaban J connectivity index is 2.41. The van der Waals surface area contributed by atoms with Crippen LogP contribution in [0, 0.1) is 5.41 Å². The summed E-state index contributed by atoms with van der Waals surface area (Å²) in [7, 11) is 0. The van der Waals surface area contributed by atoms with Crippen LogP contribution in [0.3, 0.4) is 0 Å². The molecule has 2 atom stereocenters. The number of ether oxygens (including phenoxy) is 2. The first kappa shape index (κ1) is 14.7. The maximum Gasteiger partial charge on any atom is 0.162 e. The molecular weight excluding hydrogens is 216 g/mol. The molecule has 0 aliphatic carbocycles. The summed E-state index contributed by atoms with van der Waals surface area (Å²) in [6.07, 6.45) is 3.66. The number of carbonyl (C=O) groups excluding carboxylic acids is 1. The van der Waals surface area contributed by atoms with Gasteiger partial charge >= 0.3 is 0 Å². The Morgan fingerprint density at radius 1 is 1.47 bits per heavy atom. The van der Waals surface area contributed by atoms with Gasteiger partial charge in [-0.25, -0.2) is 0 Å². The van der Waals surface area contributed by atoms with Crippen molar-refractivity contribution in [1.29, 1.82) is 0 Å². The Labute approximate surface area is 105 Å². The second-order valence-electron chi connectivity index (χ2n) is 5.84. The first-order valence-corrected chi connectivity index (χ1v) is 6.71. The molecule has 1 aliphatic rings. The second kappa shape index (κ2) is 6.50. The number of rotatable bonds is 6. The fourth-order valence-corrected chi connectivity index (χ4v) is 2.30. The van der Waals surface area contributed by atoms with Gasteiger partial charge in [-0.1, -0.05) is 20.8 Å². The van der Waals surface area contributed by atoms with E-state index in [1.807, 2.05) is 6.92 Å². The monoisotopic (exact) mass is 242 g/mol. The van der Waals surface area contributed by atoms with Gasteiger partial charge in [0.05, 0.1) is 6.10 Å². The van der Waals surface area contributed by atoms with E-state index in [0.717, 1.165) is 25.9 Å². The molecule has 0 aromatic heterocycles. The predicted molar refractivity (Wildman–Crippen MR) is 68.1 cm³/mol. The first-order chi connectivity index (χ1) is 7.95. The quantitative estimate of drug-likeness (QED) is 0.718. The molecule has 1 heterocycles. The predicted octanol–water partition coefficient (Wildman–Crippen LogP) is 2.97. The summed E-state index contributed by atoms with van der Waals surface area (Å²) in [6.45, 7) is 9.54. The summed E-state index contributed by atoms with van der Waals surface area (Å²) in [6, 6.07) is 0. The molecule has 17 heavy (non-hydrogen) atoms. The van der Waals surface area contributed by atoms with Crippen LogP contribution in [0.5, 0.6) is 0 Å². The van der Waals surface area contributed by atoms with Crippen molar-refractivity contribution in [3.05, 3.63) is 0 Å². The van der Waals surface area contributed by atoms with Gasteiger partial charge < -0.3 is 9.47 Å². The molecule has 0 aromatic rings. The van der Waals surface area contributed by atoms with E-state index in [-0.39, 0.29) is 17.3 Å². The molecular formula is C14H26O3. The Morgan fingerprint density at radius 2 is 2.18 bits per heavy atom. The lowest BCUT2D eigenvalue weighted by Gasteiger charge is -2.29. The lowest BCUT2D eigenvalue weighted by Crippen LogP contribution is -2.37. The molecule has 0 saturated carbocycles. The molecule has 1 aliphatic heterocycles. The maximum absolute atomic E-state index is 12.2. The average molecular weight is 242 g/mol. The highest BCUT2D eigenvalue weighted by molar-refractivity contribution is 5.83. The van der Waals surface area contributed by atoms with Crippen LogP contribution < -0.4 is 0 Å². The zero-order chi connectivity index (χ0) is 12.9. The van der Waals surface area contributed by atoms with Gasteiger partial charge in [-0.2, -0.15) is 0 Å². The number of hydrogen-bond acceptors (Lipinski definition) is 3. The number of carbonyl (C=O) groups is 1. The highest BCUT2D eigenvalue weighted by Crippen LogP contribution is 2.25. The normalized spacial score (nSPS) is 22.7. The minimum absolute atomic E-state index is 0.121. The molecule has 1 saturated heterocycles. The van der Waals surface area contributed by atoms with Crippen LogP contribution in [0.25, 0.3) is 0 Å². The smallest absolute Gasteiger partial charge is 0.162 e. The van der Waals surface area contributed by atoms with E-state index in [2.05, 4.69) is 20.8 Å². The number of Topliss-reactive ketones (excluding diaryl/α,β-unsaturated/α-hetero) is 1. The fourth-order valence-electron chi connectivity index (χ4n) is 2.30. The van der Waals surface area contributed by atoms with Crippen LogP contribution in [0.2, 0.25) is 0 Å². The van der Waals surface area contributed by atoms with Crippen molar-refractivity contribution in [2.45, 2.75) is 65.6 Å². The van der Waals surface area contributed by atoms with Crippen molar-refractivity contribution in [3.8, 4) is 0 Å². The molecule has 1 fully saturated rings. The molecule has 3 heteroatoms. The Hall–Kier alpha value is -0.410. The molecule has 0 spiro atoms. The zero-order valence-corrected chi connectivity index (χ0v) is 11.6. The molecule has 0 bridgehead atoms. The van der Waals surface area contributed by atoms with Gasteiger partial charge in [-0.3, -0.25) is 4.79 Å². The molecule has 0 aromatic carbocycles. The van der Waals surface area contributed by atoms with Crippen LogP contribution in [-0.4, -0.2) is 31.2 Å². The van der Waals surface area contributed by atoms with Gasteiger partial charge in [-0.05, 0) is 31.6 Å². The van der Waals surface area contributed by atoms with E-state index in [1.165, 1.54) is 0 Å². The topological polar surface area (TPSA) is 35.5 Å². The van der Waals surface area contributed by atoms with E-state index in [4.69, 9.17) is 9.47 Å². The average Bonchev–Trinajstić information content (AvgIpc) is 2.73. The Morgan fingerprint density at radius 3 is 2.65 bits per heavy atom. The van der Waals surface area contributed by atoms with E-state index in [1.54, 1.807) is 0 Å². The summed E-state index contributed by atoms with van der Waals surface area (Å²) in [5, 5.41) is 0. The third kappa shape index (κ3) is 4.76. The summed E-state index contributed by atoms with van der Waals surface area (Å²) in [4.78, 5) is 12.2. The second-order valence-corrected chi connectivity index (χ2v) is 5.84. The van der Waals surface area contributed by atoms with Crippen LogP contribution in [-0.2, 0) is 14.3 Å². The molecule has 2 unspecified atom stereocenters. The van der Waals surface area contributed by atoms with Crippen LogP contribution in [0.15, 0.2) is 0 Å². The molecule has 3 nitrogen and oxygen atoms in total. The van der Waals surface area contributed by atoms with Crippen molar-refractivity contribution in [2.75, 3.05) is 13.2 Å². The molecule has 0 radical (unpaired) electrons. The highest BCUT2D eigenvalue weighted by Gasteiger charge is 2.31. The summed E-state index contributed by atoms with van der Waals surface area (Å²) in [5.41, 5.74) is -0.121.